The third-order valence-corrected chi connectivity index (χ3v) is 11.3. The number of benzene rings is 2. The summed E-state index contributed by atoms with van der Waals surface area (Å²) >= 11 is 0. The van der Waals surface area contributed by atoms with E-state index >= 15 is 0 Å². The highest BCUT2D eigenvalue weighted by Gasteiger charge is 2.80. The fourth-order valence-corrected chi connectivity index (χ4v) is 9.64. The molecule has 5 nitrogen and oxygen atoms in total. The summed E-state index contributed by atoms with van der Waals surface area (Å²) in [5.41, 5.74) is 3.18. The third kappa shape index (κ3) is 2.85. The summed E-state index contributed by atoms with van der Waals surface area (Å²) in [5.74, 6) is 1.82. The molecule has 4 bridgehead atoms. The zero-order valence-corrected chi connectivity index (χ0v) is 21.5. The Hall–Kier alpha value is -2.15. The lowest BCUT2D eigenvalue weighted by atomic mass is 9.35. The number of phenols is 1. The molecule has 2 aromatic carbocycles. The molecule has 2 heterocycles. The maximum Gasteiger partial charge on any atom is 0.165 e. The summed E-state index contributed by atoms with van der Waals surface area (Å²) in [5, 5.41) is 11.0. The number of methoxy groups -OCH3 is 1. The SMILES string of the molecule is CO[C@]12CC[C@@]3(C[C@@H]1COCc1ccc(F)cc1)[C@H]1Cc4ccc(O)c5c4[C@@]3(CCN1CC1CC1)[C@H]2O5. The topological polar surface area (TPSA) is 51.2 Å². The van der Waals surface area contributed by atoms with Gasteiger partial charge in [-0.25, -0.2) is 4.39 Å². The molecule has 6 heteroatoms. The van der Waals surface area contributed by atoms with Crippen LogP contribution in [0.5, 0.6) is 11.5 Å². The van der Waals surface area contributed by atoms with Gasteiger partial charge in [0.2, 0.25) is 0 Å². The van der Waals surface area contributed by atoms with Crippen LogP contribution in [0.2, 0.25) is 0 Å². The maximum absolute atomic E-state index is 13.4. The van der Waals surface area contributed by atoms with E-state index in [4.69, 9.17) is 14.2 Å². The van der Waals surface area contributed by atoms with Crippen LogP contribution >= 0.6 is 0 Å². The number of phenolic OH excluding ortho intramolecular Hbond substituents is 1. The number of hydrogen-bond donors (Lipinski definition) is 1. The van der Waals surface area contributed by atoms with Crippen molar-refractivity contribution in [2.24, 2.45) is 17.3 Å². The van der Waals surface area contributed by atoms with Crippen molar-refractivity contribution in [3.05, 3.63) is 58.9 Å². The van der Waals surface area contributed by atoms with Gasteiger partial charge in [0.15, 0.2) is 11.5 Å². The second kappa shape index (κ2) is 7.71. The van der Waals surface area contributed by atoms with Crippen LogP contribution in [0.15, 0.2) is 36.4 Å². The molecule has 4 saturated carbocycles. The van der Waals surface area contributed by atoms with Crippen molar-refractivity contribution in [2.45, 2.75) is 74.7 Å². The van der Waals surface area contributed by atoms with Gasteiger partial charge in [-0.2, -0.15) is 0 Å². The highest BCUT2D eigenvalue weighted by molar-refractivity contribution is 5.63. The first kappa shape index (κ1) is 22.8. The minimum atomic E-state index is -0.451. The summed E-state index contributed by atoms with van der Waals surface area (Å²) < 4.78 is 33.1. The summed E-state index contributed by atoms with van der Waals surface area (Å²) in [7, 11) is 1.84. The minimum Gasteiger partial charge on any atom is -0.504 e. The monoisotopic (exact) mass is 505 g/mol. The fraction of sp³-hybridized carbons (Fsp3) is 0.613. The van der Waals surface area contributed by atoms with Gasteiger partial charge in [-0.1, -0.05) is 18.2 Å². The van der Waals surface area contributed by atoms with E-state index in [1.807, 2.05) is 13.2 Å². The number of ether oxygens (including phenoxy) is 3. The first-order chi connectivity index (χ1) is 18.0. The van der Waals surface area contributed by atoms with Gasteiger partial charge in [-0.05, 0) is 86.7 Å². The van der Waals surface area contributed by atoms with E-state index in [0.29, 0.717) is 19.3 Å². The molecule has 0 aromatic heterocycles. The van der Waals surface area contributed by atoms with E-state index in [9.17, 15) is 9.50 Å². The lowest BCUT2D eigenvalue weighted by molar-refractivity contribution is -0.283. The summed E-state index contributed by atoms with van der Waals surface area (Å²) in [6.45, 7) is 3.37. The standard InChI is InChI=1S/C31H36FNO4/c1-35-31-11-10-29(15-22(31)18-36-17-20-4-7-23(32)8-5-20)25-14-21-6-9-24(34)27-26(21)30(29,28(31)37-27)12-13-33(25)16-19-2-3-19/h4-9,19,22,25,28,34H,2-3,10-18H2,1H3/t22-,25-,28-,29-,30+,31-/m1/s1. The first-order valence-electron chi connectivity index (χ1n) is 14.1. The average Bonchev–Trinajstić information content (AvgIpc) is 3.65. The predicted molar refractivity (Wildman–Crippen MR) is 136 cm³/mol. The van der Waals surface area contributed by atoms with Crippen LogP contribution in [0.1, 0.15) is 55.2 Å². The molecule has 5 fully saturated rings. The van der Waals surface area contributed by atoms with Crippen LogP contribution in [0.3, 0.4) is 0 Å². The summed E-state index contributed by atoms with van der Waals surface area (Å²) in [6.07, 6.45) is 7.88. The van der Waals surface area contributed by atoms with Gasteiger partial charge in [0, 0.05) is 42.0 Å². The van der Waals surface area contributed by atoms with E-state index in [1.54, 1.807) is 12.1 Å². The summed E-state index contributed by atoms with van der Waals surface area (Å²) in [6, 6.07) is 11.1. The van der Waals surface area contributed by atoms with Crippen LogP contribution < -0.4 is 4.74 Å². The van der Waals surface area contributed by atoms with Crippen molar-refractivity contribution in [1.82, 2.24) is 4.90 Å². The van der Waals surface area contributed by atoms with Gasteiger partial charge in [0.25, 0.3) is 0 Å². The Bertz CT molecular complexity index is 1250. The van der Waals surface area contributed by atoms with Crippen molar-refractivity contribution in [1.29, 1.82) is 0 Å². The number of hydrogen-bond acceptors (Lipinski definition) is 5. The number of rotatable bonds is 7. The molecule has 37 heavy (non-hydrogen) atoms. The molecule has 7 aliphatic rings. The molecule has 9 rings (SSSR count). The van der Waals surface area contributed by atoms with E-state index in [1.165, 1.54) is 42.6 Å². The van der Waals surface area contributed by atoms with E-state index in [2.05, 4.69) is 11.0 Å². The zero-order chi connectivity index (χ0) is 25.0. The third-order valence-electron chi connectivity index (χ3n) is 11.3. The van der Waals surface area contributed by atoms with Crippen LogP contribution in [0, 0.1) is 23.1 Å². The number of likely N-dealkylation sites (tertiary alicyclic amines) is 1. The minimum absolute atomic E-state index is 0.0982. The number of aromatic hydroxyl groups is 1. The molecule has 0 unspecified atom stereocenters. The number of nitrogens with zero attached hydrogens (tertiary/aromatic N) is 1. The molecule has 0 radical (unpaired) electrons. The molecule has 0 amide bonds. The van der Waals surface area contributed by atoms with Crippen molar-refractivity contribution in [3.8, 4) is 11.5 Å². The van der Waals surface area contributed by atoms with Gasteiger partial charge in [-0.3, -0.25) is 4.90 Å². The van der Waals surface area contributed by atoms with Gasteiger partial charge in [0.05, 0.1) is 13.2 Å². The number of halogens is 1. The molecule has 2 spiro atoms. The summed E-state index contributed by atoms with van der Waals surface area (Å²) in [4.78, 5) is 2.83. The van der Waals surface area contributed by atoms with Crippen molar-refractivity contribution in [3.63, 3.8) is 0 Å². The Balaban J connectivity index is 1.20. The van der Waals surface area contributed by atoms with Crippen LogP contribution in [-0.4, -0.2) is 54.6 Å². The lowest BCUT2D eigenvalue weighted by Gasteiger charge is -2.74. The van der Waals surface area contributed by atoms with Crippen molar-refractivity contribution < 1.29 is 23.7 Å². The van der Waals surface area contributed by atoms with Crippen LogP contribution in [0.25, 0.3) is 0 Å². The largest absolute Gasteiger partial charge is 0.504 e. The Kier molecular flexibility index (Phi) is 4.75. The molecule has 2 aliphatic heterocycles. The predicted octanol–water partition coefficient (Wildman–Crippen LogP) is 4.97. The lowest BCUT2D eigenvalue weighted by Crippen LogP contribution is -2.81. The van der Waals surface area contributed by atoms with Gasteiger partial charge < -0.3 is 19.3 Å². The van der Waals surface area contributed by atoms with Gasteiger partial charge >= 0.3 is 0 Å². The second-order valence-corrected chi connectivity index (χ2v) is 12.7. The quantitative estimate of drug-likeness (QED) is 0.576. The second-order valence-electron chi connectivity index (χ2n) is 12.7. The Morgan fingerprint density at radius 3 is 2.73 bits per heavy atom. The Morgan fingerprint density at radius 1 is 1.11 bits per heavy atom. The van der Waals surface area contributed by atoms with Crippen LogP contribution in [0.4, 0.5) is 4.39 Å². The van der Waals surface area contributed by atoms with Crippen molar-refractivity contribution >= 4 is 0 Å². The molecule has 1 N–H and O–H groups in total. The Labute approximate surface area is 217 Å². The fourth-order valence-electron chi connectivity index (χ4n) is 9.64. The van der Waals surface area contributed by atoms with Gasteiger partial charge in [0.1, 0.15) is 17.5 Å². The highest BCUT2D eigenvalue weighted by atomic mass is 19.1. The van der Waals surface area contributed by atoms with E-state index in [0.717, 1.165) is 55.9 Å². The van der Waals surface area contributed by atoms with Crippen LogP contribution in [-0.2, 0) is 27.9 Å². The smallest absolute Gasteiger partial charge is 0.165 e. The molecule has 2 aromatic rings. The number of fused-ring (bicyclic) bond motifs is 2. The van der Waals surface area contributed by atoms with E-state index < -0.39 is 5.60 Å². The average molecular weight is 506 g/mol. The Morgan fingerprint density at radius 2 is 1.95 bits per heavy atom. The zero-order valence-electron chi connectivity index (χ0n) is 21.5. The van der Waals surface area contributed by atoms with E-state index in [-0.39, 0.29) is 34.4 Å². The first-order valence-corrected chi connectivity index (χ1v) is 14.1. The molecular formula is C31H36FNO4. The molecule has 1 saturated heterocycles. The maximum atomic E-state index is 13.4. The number of piperidine rings is 1. The molecule has 196 valence electrons. The highest BCUT2D eigenvalue weighted by Crippen LogP contribution is 2.76. The van der Waals surface area contributed by atoms with Crippen molar-refractivity contribution in [2.75, 3.05) is 26.8 Å². The molecule has 5 aliphatic carbocycles. The van der Waals surface area contributed by atoms with Gasteiger partial charge in [-0.15, -0.1) is 0 Å². The molecular weight excluding hydrogens is 469 g/mol. The normalized spacial score (nSPS) is 38.9. The molecule has 6 atom stereocenters.